The van der Waals surface area contributed by atoms with Crippen molar-refractivity contribution in [1.82, 2.24) is 0 Å². The fraction of sp³-hybridized carbons (Fsp3) is 0.909. The summed E-state index contributed by atoms with van der Waals surface area (Å²) in [6.07, 6.45) is 3.36. The number of hydrogen-bond donors (Lipinski definition) is 0. The number of carbonyl (C=O) groups is 1. The maximum atomic E-state index is 11.8. The molecule has 2 bridgehead atoms. The van der Waals surface area contributed by atoms with Gasteiger partial charge in [-0.05, 0) is 37.0 Å². The molecule has 2 aliphatic carbocycles. The van der Waals surface area contributed by atoms with Gasteiger partial charge >= 0.3 is 5.97 Å². The van der Waals surface area contributed by atoms with Gasteiger partial charge in [0.2, 0.25) is 0 Å². The van der Waals surface area contributed by atoms with E-state index in [1.165, 1.54) is 6.42 Å². The molecular formula is C11H15IO2. The summed E-state index contributed by atoms with van der Waals surface area (Å²) in [6.45, 7) is 3.01. The lowest BCUT2D eigenvalue weighted by Crippen LogP contribution is -2.40. The van der Waals surface area contributed by atoms with Crippen molar-refractivity contribution >= 4 is 28.6 Å². The van der Waals surface area contributed by atoms with Gasteiger partial charge in [-0.2, -0.15) is 0 Å². The van der Waals surface area contributed by atoms with E-state index in [1.54, 1.807) is 0 Å². The Bertz CT molecular complexity index is 289. The summed E-state index contributed by atoms with van der Waals surface area (Å²) >= 11 is 2.55. The van der Waals surface area contributed by atoms with Gasteiger partial charge in [0.25, 0.3) is 0 Å². The first-order chi connectivity index (χ1) is 6.65. The fourth-order valence-corrected chi connectivity index (χ4v) is 5.38. The Morgan fingerprint density at radius 3 is 2.86 bits per heavy atom. The van der Waals surface area contributed by atoms with Gasteiger partial charge in [-0.15, -0.1) is 0 Å². The summed E-state index contributed by atoms with van der Waals surface area (Å²) < 4.78 is 5.88. The number of esters is 1. The van der Waals surface area contributed by atoms with Gasteiger partial charge in [-0.3, -0.25) is 4.79 Å². The lowest BCUT2D eigenvalue weighted by molar-refractivity contribution is -0.148. The molecule has 0 radical (unpaired) electrons. The third-order valence-corrected chi connectivity index (χ3v) is 6.71. The van der Waals surface area contributed by atoms with Crippen molar-refractivity contribution < 1.29 is 9.53 Å². The van der Waals surface area contributed by atoms with Crippen molar-refractivity contribution in [2.24, 2.45) is 23.2 Å². The Hall–Kier alpha value is 0.200. The molecule has 3 fully saturated rings. The minimum Gasteiger partial charge on any atom is -0.465 e. The molecule has 14 heavy (non-hydrogen) atoms. The fourth-order valence-electron chi connectivity index (χ4n) is 3.81. The number of carbonyl (C=O) groups excluding carboxylic acids is 1. The molecule has 2 saturated carbocycles. The molecule has 0 aromatic rings. The monoisotopic (exact) mass is 306 g/mol. The third kappa shape index (κ3) is 0.947. The summed E-state index contributed by atoms with van der Waals surface area (Å²) in [5.41, 5.74) is -0.0525. The molecule has 3 aliphatic rings. The zero-order chi connectivity index (χ0) is 9.92. The Morgan fingerprint density at radius 1 is 1.57 bits per heavy atom. The number of fused-ring (bicyclic) bond motifs is 3. The molecule has 3 rings (SSSR count). The van der Waals surface area contributed by atoms with Crippen LogP contribution in [0.2, 0.25) is 0 Å². The van der Waals surface area contributed by atoms with E-state index in [1.807, 2.05) is 0 Å². The van der Waals surface area contributed by atoms with Crippen LogP contribution in [0.4, 0.5) is 0 Å². The Labute approximate surface area is 97.9 Å². The number of ether oxygens (including phenoxy) is 1. The Kier molecular flexibility index (Phi) is 1.93. The van der Waals surface area contributed by atoms with Crippen LogP contribution in [-0.4, -0.2) is 16.5 Å². The van der Waals surface area contributed by atoms with Gasteiger partial charge in [-0.1, -0.05) is 29.5 Å². The maximum Gasteiger partial charge on any atom is 0.312 e. The second-order valence-electron chi connectivity index (χ2n) is 5.15. The number of alkyl halides is 1. The van der Waals surface area contributed by atoms with Crippen LogP contribution in [0.5, 0.6) is 0 Å². The molecule has 78 valence electrons. The SMILES string of the molecule is CC1C2CC(C1I)C1(CCOC1=O)C2. The molecule has 1 heterocycles. The van der Waals surface area contributed by atoms with E-state index in [0.717, 1.165) is 24.7 Å². The summed E-state index contributed by atoms with van der Waals surface area (Å²) in [5.74, 6) is 2.31. The summed E-state index contributed by atoms with van der Waals surface area (Å²) in [4.78, 5) is 11.8. The summed E-state index contributed by atoms with van der Waals surface area (Å²) in [5, 5.41) is 0. The first-order valence-electron chi connectivity index (χ1n) is 5.46. The maximum absolute atomic E-state index is 11.8. The number of cyclic esters (lactones) is 1. The van der Waals surface area contributed by atoms with Crippen LogP contribution in [-0.2, 0) is 9.53 Å². The molecule has 0 aromatic heterocycles. The topological polar surface area (TPSA) is 26.3 Å². The average Bonchev–Trinajstić information content (AvgIpc) is 2.77. The van der Waals surface area contributed by atoms with E-state index in [-0.39, 0.29) is 11.4 Å². The highest BCUT2D eigenvalue weighted by atomic mass is 127. The van der Waals surface area contributed by atoms with Crippen molar-refractivity contribution in [1.29, 1.82) is 0 Å². The highest BCUT2D eigenvalue weighted by Crippen LogP contribution is 2.63. The molecular weight excluding hydrogens is 291 g/mol. The van der Waals surface area contributed by atoms with Crippen molar-refractivity contribution in [2.75, 3.05) is 6.61 Å². The zero-order valence-electron chi connectivity index (χ0n) is 8.33. The van der Waals surface area contributed by atoms with Gasteiger partial charge < -0.3 is 4.74 Å². The molecule has 0 aromatic carbocycles. The molecule has 1 spiro atoms. The van der Waals surface area contributed by atoms with E-state index in [9.17, 15) is 4.79 Å². The van der Waals surface area contributed by atoms with Crippen molar-refractivity contribution in [2.45, 2.75) is 30.1 Å². The Balaban J connectivity index is 1.96. The van der Waals surface area contributed by atoms with Crippen LogP contribution < -0.4 is 0 Å². The molecule has 0 N–H and O–H groups in total. The predicted molar refractivity (Wildman–Crippen MR) is 61.2 cm³/mol. The molecule has 5 unspecified atom stereocenters. The van der Waals surface area contributed by atoms with Gasteiger partial charge in [0, 0.05) is 3.92 Å². The van der Waals surface area contributed by atoms with Crippen LogP contribution >= 0.6 is 22.6 Å². The van der Waals surface area contributed by atoms with Crippen LogP contribution in [0, 0.1) is 23.2 Å². The highest BCUT2D eigenvalue weighted by molar-refractivity contribution is 14.1. The van der Waals surface area contributed by atoms with Gasteiger partial charge in [0.05, 0.1) is 12.0 Å². The van der Waals surface area contributed by atoms with Gasteiger partial charge in [0.15, 0.2) is 0 Å². The van der Waals surface area contributed by atoms with E-state index in [4.69, 9.17) is 4.74 Å². The van der Waals surface area contributed by atoms with E-state index in [2.05, 4.69) is 29.5 Å². The molecule has 5 atom stereocenters. The lowest BCUT2D eigenvalue weighted by Gasteiger charge is -2.36. The van der Waals surface area contributed by atoms with Crippen molar-refractivity contribution in [3.05, 3.63) is 0 Å². The third-order valence-electron chi connectivity index (χ3n) is 4.71. The first-order valence-corrected chi connectivity index (χ1v) is 6.71. The van der Waals surface area contributed by atoms with Crippen molar-refractivity contribution in [3.63, 3.8) is 0 Å². The van der Waals surface area contributed by atoms with Gasteiger partial charge in [0.1, 0.15) is 0 Å². The number of hydrogen-bond acceptors (Lipinski definition) is 2. The van der Waals surface area contributed by atoms with Crippen LogP contribution in [0.25, 0.3) is 0 Å². The second kappa shape index (κ2) is 2.86. The molecule has 1 aliphatic heterocycles. The van der Waals surface area contributed by atoms with Crippen molar-refractivity contribution in [3.8, 4) is 0 Å². The van der Waals surface area contributed by atoms with Crippen LogP contribution in [0.15, 0.2) is 0 Å². The van der Waals surface area contributed by atoms with E-state index < -0.39 is 0 Å². The molecule has 1 saturated heterocycles. The molecule has 0 amide bonds. The highest BCUT2D eigenvalue weighted by Gasteiger charge is 2.63. The average molecular weight is 306 g/mol. The van der Waals surface area contributed by atoms with Crippen LogP contribution in [0.1, 0.15) is 26.2 Å². The zero-order valence-corrected chi connectivity index (χ0v) is 10.5. The Morgan fingerprint density at radius 2 is 2.36 bits per heavy atom. The summed E-state index contributed by atoms with van der Waals surface area (Å²) in [7, 11) is 0. The predicted octanol–water partition coefficient (Wildman–Crippen LogP) is 2.40. The lowest BCUT2D eigenvalue weighted by atomic mass is 9.69. The van der Waals surface area contributed by atoms with E-state index >= 15 is 0 Å². The molecule has 2 nitrogen and oxygen atoms in total. The quantitative estimate of drug-likeness (QED) is 0.390. The second-order valence-corrected chi connectivity index (χ2v) is 6.59. The summed E-state index contributed by atoms with van der Waals surface area (Å²) in [6, 6.07) is 0. The smallest absolute Gasteiger partial charge is 0.312 e. The standard InChI is InChI=1S/C11H15IO2/c1-6-7-4-8(9(6)12)11(5-7)2-3-14-10(11)13/h6-9H,2-5H2,1H3. The molecule has 3 heteroatoms. The minimum atomic E-state index is -0.0525. The minimum absolute atomic E-state index is 0.0525. The largest absolute Gasteiger partial charge is 0.465 e. The number of halogens is 1. The first kappa shape index (κ1) is 9.43. The van der Waals surface area contributed by atoms with Crippen LogP contribution in [0.3, 0.4) is 0 Å². The van der Waals surface area contributed by atoms with Gasteiger partial charge in [-0.25, -0.2) is 0 Å². The number of rotatable bonds is 0. The van der Waals surface area contributed by atoms with E-state index in [0.29, 0.717) is 16.4 Å². The normalized spacial score (nSPS) is 55.7.